The van der Waals surface area contributed by atoms with E-state index in [4.69, 9.17) is 9.47 Å². The Morgan fingerprint density at radius 1 is 1.00 bits per heavy atom. The van der Waals surface area contributed by atoms with Gasteiger partial charge in [0.1, 0.15) is 0 Å². The van der Waals surface area contributed by atoms with Gasteiger partial charge in [0, 0.05) is 18.8 Å². The first-order chi connectivity index (χ1) is 14.2. The van der Waals surface area contributed by atoms with Gasteiger partial charge in [0.2, 0.25) is 11.8 Å². The average molecular weight is 394 g/mol. The first kappa shape index (κ1) is 19.6. The number of benzene rings is 2. The molecule has 2 aliphatic rings. The van der Waals surface area contributed by atoms with E-state index in [2.05, 4.69) is 11.4 Å². The van der Waals surface area contributed by atoms with Gasteiger partial charge in [-0.15, -0.1) is 0 Å². The quantitative estimate of drug-likeness (QED) is 0.847. The van der Waals surface area contributed by atoms with Gasteiger partial charge in [-0.2, -0.15) is 0 Å². The molecule has 2 aliphatic heterocycles. The fourth-order valence-corrected chi connectivity index (χ4v) is 3.83. The third kappa shape index (κ3) is 5.02. The van der Waals surface area contributed by atoms with Crippen LogP contribution >= 0.6 is 0 Å². The Labute approximate surface area is 170 Å². The van der Waals surface area contributed by atoms with Crippen molar-refractivity contribution in [2.75, 3.05) is 38.2 Å². The second-order valence-electron chi connectivity index (χ2n) is 7.43. The van der Waals surface area contributed by atoms with Gasteiger partial charge in [-0.05, 0) is 35.2 Å². The Kier molecular flexibility index (Phi) is 6.22. The highest BCUT2D eigenvalue weighted by atomic mass is 16.5. The fraction of sp³-hybridized carbons (Fsp3) is 0.391. The monoisotopic (exact) mass is 394 g/mol. The summed E-state index contributed by atoms with van der Waals surface area (Å²) in [7, 11) is 0. The highest BCUT2D eigenvalue weighted by Gasteiger charge is 2.23. The maximum Gasteiger partial charge on any atom is 0.227 e. The van der Waals surface area contributed by atoms with Crippen molar-refractivity contribution in [1.82, 2.24) is 4.90 Å². The van der Waals surface area contributed by atoms with Gasteiger partial charge in [-0.25, -0.2) is 0 Å². The maximum atomic E-state index is 12.5. The van der Waals surface area contributed by atoms with Gasteiger partial charge in [-0.1, -0.05) is 36.4 Å². The van der Waals surface area contributed by atoms with E-state index in [1.54, 1.807) is 0 Å². The van der Waals surface area contributed by atoms with E-state index in [1.165, 1.54) is 5.56 Å². The lowest BCUT2D eigenvalue weighted by atomic mass is 9.95. The van der Waals surface area contributed by atoms with Crippen molar-refractivity contribution >= 4 is 17.5 Å². The van der Waals surface area contributed by atoms with Crippen molar-refractivity contribution in [2.45, 2.75) is 25.4 Å². The first-order valence-corrected chi connectivity index (χ1v) is 10.1. The molecule has 2 aromatic carbocycles. The highest BCUT2D eigenvalue weighted by Crippen LogP contribution is 2.29. The normalized spacial score (nSPS) is 18.8. The zero-order chi connectivity index (χ0) is 20.1. The number of carbonyl (C=O) groups excluding carboxylic acids is 2. The van der Waals surface area contributed by atoms with Crippen LogP contribution in [-0.4, -0.2) is 49.6 Å². The average Bonchev–Trinajstić information content (AvgIpc) is 2.76. The number of nitrogens with one attached hydrogen (secondary N) is 1. The summed E-state index contributed by atoms with van der Waals surface area (Å²) in [6.45, 7) is 3.15. The predicted molar refractivity (Wildman–Crippen MR) is 110 cm³/mol. The Balaban J connectivity index is 1.31. The summed E-state index contributed by atoms with van der Waals surface area (Å²) in [5.41, 5.74) is 4.02. The molecule has 2 heterocycles. The number of amides is 2. The third-order valence-corrected chi connectivity index (χ3v) is 5.42. The van der Waals surface area contributed by atoms with Crippen LogP contribution in [-0.2, 0) is 31.9 Å². The minimum absolute atomic E-state index is 0.0798. The molecule has 0 radical (unpaired) electrons. The zero-order valence-corrected chi connectivity index (χ0v) is 16.4. The Morgan fingerprint density at radius 3 is 2.55 bits per heavy atom. The van der Waals surface area contributed by atoms with Crippen LogP contribution in [0.3, 0.4) is 0 Å². The number of carbonyl (C=O) groups is 2. The smallest absolute Gasteiger partial charge is 0.227 e. The molecule has 2 amide bonds. The predicted octanol–water partition coefficient (Wildman–Crippen LogP) is 2.73. The Hall–Kier alpha value is -2.70. The molecule has 0 bridgehead atoms. The summed E-state index contributed by atoms with van der Waals surface area (Å²) in [5.74, 6) is 0.0297. The standard InChI is InChI=1S/C23H26N2O4/c26-22(16-21-20-4-2-1-3-18(20)9-12-29-21)24-19-7-5-17(6-8-19)15-23(27)25-10-13-28-14-11-25/h1-8,21H,9-16H2,(H,24,26). The SMILES string of the molecule is O=C(CC1OCCc2ccccc21)Nc1ccc(CC(=O)N2CCOCC2)cc1. The largest absolute Gasteiger partial charge is 0.378 e. The minimum Gasteiger partial charge on any atom is -0.378 e. The lowest BCUT2D eigenvalue weighted by Gasteiger charge is -2.27. The molecule has 2 aromatic rings. The fourth-order valence-electron chi connectivity index (χ4n) is 3.83. The maximum absolute atomic E-state index is 12.5. The molecule has 29 heavy (non-hydrogen) atoms. The second-order valence-corrected chi connectivity index (χ2v) is 7.43. The summed E-state index contributed by atoms with van der Waals surface area (Å²) < 4.78 is 11.1. The van der Waals surface area contributed by atoms with Crippen molar-refractivity contribution in [3.8, 4) is 0 Å². The first-order valence-electron chi connectivity index (χ1n) is 10.1. The molecule has 152 valence electrons. The molecule has 1 fully saturated rings. The van der Waals surface area contributed by atoms with E-state index in [0.29, 0.717) is 39.3 Å². The number of fused-ring (bicyclic) bond motifs is 1. The van der Waals surface area contributed by atoms with E-state index in [0.717, 1.165) is 23.2 Å². The van der Waals surface area contributed by atoms with Gasteiger partial charge in [0.25, 0.3) is 0 Å². The van der Waals surface area contributed by atoms with Crippen molar-refractivity contribution in [3.05, 3.63) is 65.2 Å². The van der Waals surface area contributed by atoms with E-state index in [1.807, 2.05) is 47.4 Å². The van der Waals surface area contributed by atoms with Gasteiger partial charge < -0.3 is 19.7 Å². The molecule has 0 aromatic heterocycles. The number of hydrogen-bond donors (Lipinski definition) is 1. The number of nitrogens with zero attached hydrogens (tertiary/aromatic N) is 1. The summed E-state index contributed by atoms with van der Waals surface area (Å²) >= 11 is 0. The molecule has 0 aliphatic carbocycles. The van der Waals surface area contributed by atoms with Crippen molar-refractivity contribution in [3.63, 3.8) is 0 Å². The summed E-state index contributed by atoms with van der Waals surface area (Å²) in [4.78, 5) is 26.7. The third-order valence-electron chi connectivity index (χ3n) is 5.42. The topological polar surface area (TPSA) is 67.9 Å². The molecule has 1 saturated heterocycles. The molecule has 0 saturated carbocycles. The lowest BCUT2D eigenvalue weighted by molar-refractivity contribution is -0.134. The van der Waals surface area contributed by atoms with Crippen LogP contribution in [0.15, 0.2) is 48.5 Å². The molecule has 1 atom stereocenters. The number of morpholine rings is 1. The molecule has 0 spiro atoms. The van der Waals surface area contributed by atoms with Crippen molar-refractivity contribution in [1.29, 1.82) is 0 Å². The number of anilines is 1. The highest BCUT2D eigenvalue weighted by molar-refractivity contribution is 5.91. The molecule has 1 unspecified atom stereocenters. The van der Waals surface area contributed by atoms with Crippen LogP contribution in [0.1, 0.15) is 29.2 Å². The van der Waals surface area contributed by atoms with Crippen LogP contribution in [0.4, 0.5) is 5.69 Å². The Bertz CT molecular complexity index is 859. The Morgan fingerprint density at radius 2 is 1.76 bits per heavy atom. The van der Waals surface area contributed by atoms with Crippen molar-refractivity contribution < 1.29 is 19.1 Å². The van der Waals surface area contributed by atoms with Crippen LogP contribution in [0, 0.1) is 0 Å². The molecule has 6 heteroatoms. The molecule has 4 rings (SSSR count). The van der Waals surface area contributed by atoms with Crippen molar-refractivity contribution in [2.24, 2.45) is 0 Å². The number of hydrogen-bond acceptors (Lipinski definition) is 4. The van der Waals surface area contributed by atoms with E-state index in [-0.39, 0.29) is 24.3 Å². The summed E-state index contributed by atoms with van der Waals surface area (Å²) in [6, 6.07) is 15.6. The minimum atomic E-state index is -0.203. The summed E-state index contributed by atoms with van der Waals surface area (Å²) in [5, 5.41) is 2.93. The van der Waals surface area contributed by atoms with E-state index < -0.39 is 0 Å². The molecule has 1 N–H and O–H groups in total. The van der Waals surface area contributed by atoms with E-state index in [9.17, 15) is 9.59 Å². The number of ether oxygens (including phenoxy) is 2. The van der Waals surface area contributed by atoms with Gasteiger partial charge in [0.05, 0.1) is 38.8 Å². The van der Waals surface area contributed by atoms with Gasteiger partial charge >= 0.3 is 0 Å². The molecule has 6 nitrogen and oxygen atoms in total. The molecular weight excluding hydrogens is 368 g/mol. The molecular formula is C23H26N2O4. The lowest BCUT2D eigenvalue weighted by Crippen LogP contribution is -2.41. The van der Waals surface area contributed by atoms with Gasteiger partial charge in [-0.3, -0.25) is 9.59 Å². The van der Waals surface area contributed by atoms with Crippen LogP contribution < -0.4 is 5.32 Å². The van der Waals surface area contributed by atoms with Gasteiger partial charge in [0.15, 0.2) is 0 Å². The van der Waals surface area contributed by atoms with E-state index >= 15 is 0 Å². The second kappa shape index (κ2) is 9.20. The number of rotatable bonds is 5. The van der Waals surface area contributed by atoms with Crippen LogP contribution in [0.5, 0.6) is 0 Å². The zero-order valence-electron chi connectivity index (χ0n) is 16.4. The van der Waals surface area contributed by atoms with Crippen LogP contribution in [0.2, 0.25) is 0 Å². The summed E-state index contributed by atoms with van der Waals surface area (Å²) in [6.07, 6.45) is 1.33. The van der Waals surface area contributed by atoms with Crippen LogP contribution in [0.25, 0.3) is 0 Å².